The molecule has 2 aromatic heterocycles. The maximum atomic E-state index is 12.9. The van der Waals surface area contributed by atoms with Gasteiger partial charge in [-0.3, -0.25) is 4.79 Å². The number of ether oxygens (including phenoxy) is 2. The number of rotatable bonds is 6. The third kappa shape index (κ3) is 4.40. The summed E-state index contributed by atoms with van der Waals surface area (Å²) in [6.45, 7) is 2.49. The van der Waals surface area contributed by atoms with E-state index < -0.39 is 0 Å². The molecule has 0 aliphatic heterocycles. The van der Waals surface area contributed by atoms with Crippen molar-refractivity contribution in [2.75, 3.05) is 7.11 Å². The molecule has 0 aliphatic rings. The average molecular weight is 490 g/mol. The highest BCUT2D eigenvalue weighted by molar-refractivity contribution is 7.15. The molecule has 3 aromatic carbocycles. The van der Waals surface area contributed by atoms with Crippen LogP contribution in [0.5, 0.6) is 11.5 Å². The van der Waals surface area contributed by atoms with Crippen LogP contribution in [-0.4, -0.2) is 21.7 Å². The van der Waals surface area contributed by atoms with Crippen molar-refractivity contribution in [2.24, 2.45) is 0 Å². The fraction of sp³-hybridized carbons (Fsp3) is 0.115. The molecule has 0 fully saturated rings. The zero-order valence-corrected chi connectivity index (χ0v) is 20.1. The number of aromatic nitrogens is 3. The number of halogens is 1. The molecule has 170 valence electrons. The SMILES string of the molecule is COc1cc(/C=c2\sc3nc(-c4ccccc4Cl)nn3c2=O)ccc1OCc1ccc(C)cc1. The smallest absolute Gasteiger partial charge is 0.291 e. The zero-order chi connectivity index (χ0) is 23.7. The minimum atomic E-state index is -0.232. The van der Waals surface area contributed by atoms with Gasteiger partial charge >= 0.3 is 0 Å². The van der Waals surface area contributed by atoms with Gasteiger partial charge in [-0.15, -0.1) is 5.10 Å². The molecule has 2 heterocycles. The third-order valence-corrected chi connectivity index (χ3v) is 6.59. The molecule has 0 aliphatic carbocycles. The third-order valence-electron chi connectivity index (χ3n) is 5.30. The molecule has 5 rings (SSSR count). The van der Waals surface area contributed by atoms with Crippen LogP contribution in [0, 0.1) is 6.92 Å². The quantitative estimate of drug-likeness (QED) is 0.339. The van der Waals surface area contributed by atoms with Crippen molar-refractivity contribution in [2.45, 2.75) is 13.5 Å². The van der Waals surface area contributed by atoms with E-state index in [9.17, 15) is 4.79 Å². The summed E-state index contributed by atoms with van der Waals surface area (Å²) in [5, 5.41) is 4.90. The van der Waals surface area contributed by atoms with Gasteiger partial charge in [0.1, 0.15) is 6.61 Å². The highest BCUT2D eigenvalue weighted by Crippen LogP contribution is 2.29. The second-order valence-electron chi connectivity index (χ2n) is 7.71. The number of aryl methyl sites for hydroxylation is 1. The summed E-state index contributed by atoms with van der Waals surface area (Å²) in [6, 6.07) is 21.0. The van der Waals surface area contributed by atoms with E-state index in [0.29, 0.717) is 44.0 Å². The average Bonchev–Trinajstić information content (AvgIpc) is 3.38. The number of hydrogen-bond donors (Lipinski definition) is 0. The Hall–Kier alpha value is -3.68. The van der Waals surface area contributed by atoms with E-state index in [2.05, 4.69) is 29.1 Å². The predicted molar refractivity (Wildman–Crippen MR) is 135 cm³/mol. The maximum Gasteiger partial charge on any atom is 0.291 e. The molecule has 0 bridgehead atoms. The molecular weight excluding hydrogens is 470 g/mol. The topological polar surface area (TPSA) is 65.7 Å². The van der Waals surface area contributed by atoms with Gasteiger partial charge in [0.25, 0.3) is 5.56 Å². The number of nitrogens with zero attached hydrogens (tertiary/aromatic N) is 3. The Morgan fingerprint density at radius 3 is 2.59 bits per heavy atom. The van der Waals surface area contributed by atoms with Crippen LogP contribution < -0.4 is 19.6 Å². The molecule has 6 nitrogen and oxygen atoms in total. The number of thiazole rings is 1. The van der Waals surface area contributed by atoms with Crippen molar-refractivity contribution >= 4 is 34.0 Å². The summed E-state index contributed by atoms with van der Waals surface area (Å²) < 4.78 is 13.3. The summed E-state index contributed by atoms with van der Waals surface area (Å²) in [5.41, 5.74) is 3.55. The summed E-state index contributed by atoms with van der Waals surface area (Å²) >= 11 is 7.52. The van der Waals surface area contributed by atoms with E-state index >= 15 is 0 Å². The number of benzene rings is 3. The van der Waals surface area contributed by atoms with Gasteiger partial charge in [-0.2, -0.15) is 9.50 Å². The van der Waals surface area contributed by atoms with Gasteiger partial charge in [0.15, 0.2) is 17.3 Å². The molecule has 0 N–H and O–H groups in total. The Bertz CT molecular complexity index is 1590. The molecule has 8 heteroatoms. The highest BCUT2D eigenvalue weighted by atomic mass is 35.5. The second kappa shape index (κ2) is 9.29. The van der Waals surface area contributed by atoms with Gasteiger partial charge in [0, 0.05) is 5.56 Å². The van der Waals surface area contributed by atoms with Crippen LogP contribution >= 0.6 is 22.9 Å². The van der Waals surface area contributed by atoms with Gasteiger partial charge in [0.05, 0.1) is 16.7 Å². The summed E-state index contributed by atoms with van der Waals surface area (Å²) in [4.78, 5) is 17.9. The van der Waals surface area contributed by atoms with Crippen molar-refractivity contribution in [3.05, 3.63) is 103 Å². The van der Waals surface area contributed by atoms with Crippen LogP contribution in [-0.2, 0) is 6.61 Å². The Morgan fingerprint density at radius 1 is 1.06 bits per heavy atom. The molecule has 34 heavy (non-hydrogen) atoms. The fourth-order valence-corrected chi connectivity index (χ4v) is 4.61. The largest absolute Gasteiger partial charge is 0.493 e. The minimum absolute atomic E-state index is 0.232. The zero-order valence-electron chi connectivity index (χ0n) is 18.5. The van der Waals surface area contributed by atoms with Crippen molar-refractivity contribution in [3.63, 3.8) is 0 Å². The molecule has 5 aromatic rings. The fourth-order valence-electron chi connectivity index (χ4n) is 3.48. The molecule has 0 saturated carbocycles. The van der Waals surface area contributed by atoms with E-state index in [-0.39, 0.29) is 5.56 Å². The van der Waals surface area contributed by atoms with Crippen LogP contribution in [0.15, 0.2) is 71.5 Å². The Labute approximate surface area is 204 Å². The first-order valence-corrected chi connectivity index (χ1v) is 11.7. The highest BCUT2D eigenvalue weighted by Gasteiger charge is 2.14. The van der Waals surface area contributed by atoms with Gasteiger partial charge < -0.3 is 9.47 Å². The van der Waals surface area contributed by atoms with E-state index in [1.807, 2.05) is 48.5 Å². The lowest BCUT2D eigenvalue weighted by molar-refractivity contribution is 0.284. The summed E-state index contributed by atoms with van der Waals surface area (Å²) in [5.74, 6) is 1.65. The van der Waals surface area contributed by atoms with Gasteiger partial charge in [-0.25, -0.2) is 0 Å². The number of methoxy groups -OCH3 is 1. The first-order valence-electron chi connectivity index (χ1n) is 10.5. The first-order chi connectivity index (χ1) is 16.5. The monoisotopic (exact) mass is 489 g/mol. The second-order valence-corrected chi connectivity index (χ2v) is 9.13. The van der Waals surface area contributed by atoms with Crippen molar-refractivity contribution in [1.29, 1.82) is 0 Å². The lowest BCUT2D eigenvalue weighted by Crippen LogP contribution is -2.23. The lowest BCUT2D eigenvalue weighted by Gasteiger charge is -2.11. The van der Waals surface area contributed by atoms with E-state index in [1.165, 1.54) is 21.4 Å². The molecular formula is C26H20ClN3O3S. The summed E-state index contributed by atoms with van der Waals surface area (Å²) in [7, 11) is 1.59. The summed E-state index contributed by atoms with van der Waals surface area (Å²) in [6.07, 6.45) is 1.80. The van der Waals surface area contributed by atoms with E-state index in [4.69, 9.17) is 21.1 Å². The Morgan fingerprint density at radius 2 is 1.85 bits per heavy atom. The molecule has 0 unspecified atom stereocenters. The number of fused-ring (bicyclic) bond motifs is 1. The van der Waals surface area contributed by atoms with Crippen LogP contribution in [0.2, 0.25) is 5.02 Å². The molecule has 0 spiro atoms. The standard InChI is InChI=1S/C26H20ClN3O3S/c1-16-7-9-17(10-8-16)15-33-21-12-11-18(13-22(21)32-2)14-23-25(31)30-26(34-23)28-24(29-30)19-5-3-4-6-20(19)27/h3-14H,15H2,1-2H3/b23-14-. The van der Waals surface area contributed by atoms with E-state index in [0.717, 1.165) is 11.1 Å². The maximum absolute atomic E-state index is 12.9. The lowest BCUT2D eigenvalue weighted by atomic mass is 10.1. The molecule has 0 amide bonds. The van der Waals surface area contributed by atoms with Crippen LogP contribution in [0.1, 0.15) is 16.7 Å². The first kappa shape index (κ1) is 22.1. The minimum Gasteiger partial charge on any atom is -0.493 e. The van der Waals surface area contributed by atoms with Crippen molar-refractivity contribution in [1.82, 2.24) is 14.6 Å². The van der Waals surface area contributed by atoms with Crippen LogP contribution in [0.4, 0.5) is 0 Å². The number of hydrogen-bond acceptors (Lipinski definition) is 6. The molecule has 0 radical (unpaired) electrons. The predicted octanol–water partition coefficient (Wildman–Crippen LogP) is 4.92. The van der Waals surface area contributed by atoms with Crippen LogP contribution in [0.3, 0.4) is 0 Å². The molecule has 0 saturated heterocycles. The Kier molecular flexibility index (Phi) is 6.04. The van der Waals surface area contributed by atoms with Crippen molar-refractivity contribution < 1.29 is 9.47 Å². The molecule has 0 atom stereocenters. The van der Waals surface area contributed by atoms with Crippen molar-refractivity contribution in [3.8, 4) is 22.9 Å². The van der Waals surface area contributed by atoms with E-state index in [1.54, 1.807) is 19.3 Å². The van der Waals surface area contributed by atoms with Gasteiger partial charge in [0.2, 0.25) is 4.96 Å². The van der Waals surface area contributed by atoms with Gasteiger partial charge in [-0.05, 0) is 48.4 Å². The Balaban J connectivity index is 1.42. The normalized spacial score (nSPS) is 11.8. The van der Waals surface area contributed by atoms with Crippen LogP contribution in [0.25, 0.3) is 22.4 Å². The van der Waals surface area contributed by atoms with Gasteiger partial charge in [-0.1, -0.05) is 71.0 Å².